The molecule has 110 valence electrons. The fraction of sp³-hybridized carbons (Fsp3) is 0.188. The second kappa shape index (κ2) is 5.60. The minimum atomic E-state index is -4.56. The van der Waals surface area contributed by atoms with Gasteiger partial charge in [-0.15, -0.1) is 0 Å². The minimum Gasteiger partial charge on any atom is -0.345 e. The van der Waals surface area contributed by atoms with Crippen LogP contribution >= 0.6 is 0 Å². The van der Waals surface area contributed by atoms with E-state index in [2.05, 4.69) is 0 Å². The Morgan fingerprint density at radius 3 is 2.10 bits per heavy atom. The van der Waals surface area contributed by atoms with Crippen molar-refractivity contribution in [1.29, 1.82) is 0 Å². The molecule has 2 aromatic rings. The molecular weight excluding hydrogens is 279 g/mol. The van der Waals surface area contributed by atoms with Gasteiger partial charge in [0.1, 0.15) is 0 Å². The third-order valence-electron chi connectivity index (χ3n) is 3.28. The van der Waals surface area contributed by atoms with E-state index >= 15 is 0 Å². The molecule has 0 aliphatic carbocycles. The molecule has 2 rings (SSSR count). The minimum absolute atomic E-state index is 0.221. The lowest BCUT2D eigenvalue weighted by atomic mass is 10.1. The highest BCUT2D eigenvalue weighted by atomic mass is 19.4. The van der Waals surface area contributed by atoms with Gasteiger partial charge in [0, 0.05) is 24.0 Å². The molecule has 0 atom stereocenters. The lowest BCUT2D eigenvalue weighted by Gasteiger charge is -2.21. The first-order valence-corrected chi connectivity index (χ1v) is 6.30. The first kappa shape index (κ1) is 15.1. The fourth-order valence-corrected chi connectivity index (χ4v) is 2.02. The van der Waals surface area contributed by atoms with Crippen molar-refractivity contribution < 1.29 is 18.0 Å². The molecule has 0 aliphatic heterocycles. The highest BCUT2D eigenvalue weighted by molar-refractivity contribution is 5.79. The molecule has 0 amide bonds. The third-order valence-corrected chi connectivity index (χ3v) is 3.28. The molecule has 0 fully saturated rings. The number of halogens is 3. The number of nitrogens with zero attached hydrogens (tertiary/aromatic N) is 1. The number of anilines is 2. The Labute approximate surface area is 120 Å². The van der Waals surface area contributed by atoms with E-state index in [4.69, 9.17) is 0 Å². The number of hydrogen-bond acceptors (Lipinski definition) is 2. The first-order chi connectivity index (χ1) is 9.82. The maximum atomic E-state index is 13.0. The second-order valence-corrected chi connectivity index (χ2v) is 4.78. The van der Waals surface area contributed by atoms with E-state index in [1.807, 2.05) is 31.2 Å². The zero-order valence-corrected chi connectivity index (χ0v) is 11.6. The van der Waals surface area contributed by atoms with Crippen molar-refractivity contribution in [1.82, 2.24) is 0 Å². The zero-order chi connectivity index (χ0) is 15.6. The normalized spacial score (nSPS) is 11.3. The van der Waals surface area contributed by atoms with Crippen LogP contribution in [0.25, 0.3) is 0 Å². The summed E-state index contributed by atoms with van der Waals surface area (Å²) in [6, 6.07) is 11.1. The Morgan fingerprint density at radius 1 is 1.00 bits per heavy atom. The number of aldehydes is 1. The van der Waals surface area contributed by atoms with Gasteiger partial charge in [-0.2, -0.15) is 13.2 Å². The molecule has 0 saturated heterocycles. The number of carbonyl (C=O) groups is 1. The third kappa shape index (κ3) is 3.24. The summed E-state index contributed by atoms with van der Waals surface area (Å²) in [5.74, 6) is 0. The molecule has 5 heteroatoms. The van der Waals surface area contributed by atoms with Crippen molar-refractivity contribution >= 4 is 17.7 Å². The average Bonchev–Trinajstić information content (AvgIpc) is 2.45. The first-order valence-electron chi connectivity index (χ1n) is 6.30. The Balaban J connectivity index is 2.45. The molecular formula is C16H14F3NO. The van der Waals surface area contributed by atoms with Gasteiger partial charge in [0.2, 0.25) is 0 Å². The van der Waals surface area contributed by atoms with Gasteiger partial charge >= 0.3 is 6.18 Å². The Bertz CT molecular complexity index is 648. The maximum absolute atomic E-state index is 13.0. The number of carbonyl (C=O) groups excluding carboxylic acids is 1. The van der Waals surface area contributed by atoms with Crippen LogP contribution in [0.2, 0.25) is 0 Å². The number of benzene rings is 2. The number of alkyl halides is 3. The molecule has 0 heterocycles. The molecule has 0 unspecified atom stereocenters. The number of rotatable bonds is 3. The predicted octanol–water partition coefficient (Wildman–Crippen LogP) is 4.59. The van der Waals surface area contributed by atoms with Gasteiger partial charge < -0.3 is 4.90 Å². The van der Waals surface area contributed by atoms with E-state index in [9.17, 15) is 18.0 Å². The van der Waals surface area contributed by atoms with Gasteiger partial charge in [-0.3, -0.25) is 4.79 Å². The number of aryl methyl sites for hydroxylation is 1. The summed E-state index contributed by atoms with van der Waals surface area (Å²) in [4.78, 5) is 12.4. The maximum Gasteiger partial charge on any atom is 0.417 e. The van der Waals surface area contributed by atoms with Crippen LogP contribution in [-0.2, 0) is 6.18 Å². The van der Waals surface area contributed by atoms with Gasteiger partial charge in [0.25, 0.3) is 0 Å². The van der Waals surface area contributed by atoms with Crippen LogP contribution in [0.1, 0.15) is 21.5 Å². The van der Waals surface area contributed by atoms with Gasteiger partial charge in [0.15, 0.2) is 6.29 Å². The van der Waals surface area contributed by atoms with Gasteiger partial charge in [-0.1, -0.05) is 17.7 Å². The monoisotopic (exact) mass is 293 g/mol. The largest absolute Gasteiger partial charge is 0.417 e. The molecule has 0 bridgehead atoms. The van der Waals surface area contributed by atoms with Crippen molar-refractivity contribution in [2.45, 2.75) is 13.1 Å². The lowest BCUT2D eigenvalue weighted by Crippen LogP contribution is -2.13. The molecule has 0 spiro atoms. The molecule has 0 aliphatic rings. The summed E-state index contributed by atoms with van der Waals surface area (Å²) in [6.45, 7) is 1.93. The quantitative estimate of drug-likeness (QED) is 0.771. The zero-order valence-electron chi connectivity index (χ0n) is 11.6. The predicted molar refractivity (Wildman–Crippen MR) is 76.1 cm³/mol. The smallest absolute Gasteiger partial charge is 0.345 e. The summed E-state index contributed by atoms with van der Waals surface area (Å²) in [6.07, 6.45) is -4.33. The molecule has 0 radical (unpaired) electrons. The summed E-state index contributed by atoms with van der Waals surface area (Å²) in [5.41, 5.74) is 0.932. The second-order valence-electron chi connectivity index (χ2n) is 4.78. The van der Waals surface area contributed by atoms with Gasteiger partial charge in [-0.05, 0) is 37.3 Å². The van der Waals surface area contributed by atoms with Crippen molar-refractivity contribution in [3.63, 3.8) is 0 Å². The summed E-state index contributed by atoms with van der Waals surface area (Å²) in [7, 11) is 1.68. The topological polar surface area (TPSA) is 20.3 Å². The standard InChI is InChI=1S/C16H14F3NO/c1-11-3-6-13(7-4-11)20(2)14-8-5-12(10-21)15(9-14)16(17,18)19/h3-10H,1-2H3. The van der Waals surface area contributed by atoms with Crippen LogP contribution in [0.3, 0.4) is 0 Å². The molecule has 2 aromatic carbocycles. The van der Waals surface area contributed by atoms with Crippen LogP contribution < -0.4 is 4.90 Å². The summed E-state index contributed by atoms with van der Waals surface area (Å²) < 4.78 is 38.9. The van der Waals surface area contributed by atoms with Crippen molar-refractivity contribution in [2.75, 3.05) is 11.9 Å². The van der Waals surface area contributed by atoms with Crippen molar-refractivity contribution in [3.05, 3.63) is 59.2 Å². The summed E-state index contributed by atoms with van der Waals surface area (Å²) in [5, 5.41) is 0. The number of hydrogen-bond donors (Lipinski definition) is 0. The van der Waals surface area contributed by atoms with Gasteiger partial charge in [-0.25, -0.2) is 0 Å². The summed E-state index contributed by atoms with van der Waals surface area (Å²) >= 11 is 0. The van der Waals surface area contributed by atoms with E-state index < -0.39 is 11.7 Å². The highest BCUT2D eigenvalue weighted by Crippen LogP contribution is 2.35. The van der Waals surface area contributed by atoms with Crippen molar-refractivity contribution in [3.8, 4) is 0 Å². The van der Waals surface area contributed by atoms with E-state index in [-0.39, 0.29) is 11.8 Å². The lowest BCUT2D eigenvalue weighted by molar-refractivity contribution is -0.137. The van der Waals surface area contributed by atoms with E-state index in [1.54, 1.807) is 11.9 Å². The molecule has 0 saturated carbocycles. The van der Waals surface area contributed by atoms with Crippen molar-refractivity contribution in [2.24, 2.45) is 0 Å². The Kier molecular flexibility index (Phi) is 4.02. The van der Waals surface area contributed by atoms with E-state index in [0.717, 1.165) is 17.3 Å². The molecule has 0 N–H and O–H groups in total. The Morgan fingerprint density at radius 2 is 1.57 bits per heavy atom. The SMILES string of the molecule is Cc1ccc(N(C)c2ccc(C=O)c(C(F)(F)F)c2)cc1. The fourth-order valence-electron chi connectivity index (χ4n) is 2.02. The highest BCUT2D eigenvalue weighted by Gasteiger charge is 2.33. The van der Waals surface area contributed by atoms with Crippen LogP contribution in [0.15, 0.2) is 42.5 Å². The van der Waals surface area contributed by atoms with E-state index in [1.165, 1.54) is 12.1 Å². The van der Waals surface area contributed by atoms with E-state index in [0.29, 0.717) is 5.69 Å². The van der Waals surface area contributed by atoms with Gasteiger partial charge in [0.05, 0.1) is 5.56 Å². The van der Waals surface area contributed by atoms with Crippen LogP contribution in [0, 0.1) is 6.92 Å². The van der Waals surface area contributed by atoms with Crippen LogP contribution in [0.5, 0.6) is 0 Å². The average molecular weight is 293 g/mol. The Hall–Kier alpha value is -2.30. The van der Waals surface area contributed by atoms with Crippen LogP contribution in [-0.4, -0.2) is 13.3 Å². The molecule has 2 nitrogen and oxygen atoms in total. The molecule has 0 aromatic heterocycles. The van der Waals surface area contributed by atoms with Crippen LogP contribution in [0.4, 0.5) is 24.5 Å². The molecule has 21 heavy (non-hydrogen) atoms.